The number of benzene rings is 2. The van der Waals surface area contributed by atoms with Crippen LogP contribution in [0.5, 0.6) is 11.5 Å². The van der Waals surface area contributed by atoms with Crippen LogP contribution in [0, 0.1) is 6.92 Å². The summed E-state index contributed by atoms with van der Waals surface area (Å²) in [5.74, 6) is 1.21. The van der Waals surface area contributed by atoms with E-state index in [0.29, 0.717) is 40.3 Å². The molecule has 0 spiro atoms. The Labute approximate surface area is 139 Å². The van der Waals surface area contributed by atoms with Gasteiger partial charge in [-0.3, -0.25) is 4.79 Å². The smallest absolute Gasteiger partial charge is 0.195 e. The Bertz CT molecular complexity index is 726. The van der Waals surface area contributed by atoms with Crippen LogP contribution in [0.4, 0.5) is 0 Å². The zero-order valence-electron chi connectivity index (χ0n) is 11.3. The molecule has 1 aliphatic rings. The van der Waals surface area contributed by atoms with Crippen molar-refractivity contribution in [2.45, 2.75) is 6.92 Å². The van der Waals surface area contributed by atoms with Gasteiger partial charge in [0.05, 0.1) is 0 Å². The Hall–Kier alpha value is -1.33. The van der Waals surface area contributed by atoms with Gasteiger partial charge in [0.2, 0.25) is 0 Å². The highest BCUT2D eigenvalue weighted by Crippen LogP contribution is 2.37. The molecular formula is C16H12Br2O3. The molecule has 0 unspecified atom stereocenters. The fourth-order valence-corrected chi connectivity index (χ4v) is 3.15. The molecule has 0 saturated heterocycles. The summed E-state index contributed by atoms with van der Waals surface area (Å²) in [4.78, 5) is 12.8. The van der Waals surface area contributed by atoms with Crippen molar-refractivity contribution >= 4 is 37.6 Å². The second-order valence-electron chi connectivity index (χ2n) is 4.74. The van der Waals surface area contributed by atoms with Crippen LogP contribution in [0.2, 0.25) is 0 Å². The summed E-state index contributed by atoms with van der Waals surface area (Å²) in [5.41, 5.74) is 2.22. The summed E-state index contributed by atoms with van der Waals surface area (Å²) < 4.78 is 12.6. The molecule has 0 aliphatic carbocycles. The number of hydrogen-bond donors (Lipinski definition) is 0. The van der Waals surface area contributed by atoms with Gasteiger partial charge in [0.15, 0.2) is 17.3 Å². The van der Waals surface area contributed by atoms with Crippen LogP contribution < -0.4 is 9.47 Å². The average Bonchev–Trinajstić information content (AvgIpc) is 2.48. The quantitative estimate of drug-likeness (QED) is 0.681. The number of hydrogen-bond acceptors (Lipinski definition) is 3. The maximum Gasteiger partial charge on any atom is 0.195 e. The van der Waals surface area contributed by atoms with E-state index in [0.717, 1.165) is 10.0 Å². The topological polar surface area (TPSA) is 35.5 Å². The molecule has 2 aromatic carbocycles. The van der Waals surface area contributed by atoms with Crippen LogP contribution >= 0.6 is 31.9 Å². The van der Waals surface area contributed by atoms with Crippen LogP contribution in [-0.4, -0.2) is 19.0 Å². The number of fused-ring (bicyclic) bond motifs is 1. The van der Waals surface area contributed by atoms with Crippen LogP contribution in [0.1, 0.15) is 21.5 Å². The summed E-state index contributed by atoms with van der Waals surface area (Å²) in [7, 11) is 0. The minimum absolute atomic E-state index is 0.0607. The Kier molecular flexibility index (Phi) is 4.04. The van der Waals surface area contributed by atoms with Gasteiger partial charge in [-0.05, 0) is 62.5 Å². The lowest BCUT2D eigenvalue weighted by Crippen LogP contribution is -2.16. The molecule has 1 aliphatic heterocycles. The summed E-state index contributed by atoms with van der Waals surface area (Å²) in [6, 6.07) is 9.16. The van der Waals surface area contributed by atoms with Crippen molar-refractivity contribution in [3.63, 3.8) is 0 Å². The molecule has 5 heteroatoms. The van der Waals surface area contributed by atoms with Crippen molar-refractivity contribution in [3.05, 3.63) is 56.0 Å². The minimum Gasteiger partial charge on any atom is -0.486 e. The fraction of sp³-hybridized carbons (Fsp3) is 0.188. The Morgan fingerprint density at radius 2 is 1.71 bits per heavy atom. The van der Waals surface area contributed by atoms with Crippen LogP contribution in [0.15, 0.2) is 39.3 Å². The number of carbonyl (C=O) groups is 1. The third-order valence-corrected chi connectivity index (χ3v) is 5.02. The van der Waals surface area contributed by atoms with Gasteiger partial charge in [-0.1, -0.05) is 12.1 Å². The molecular weight excluding hydrogens is 400 g/mol. The number of ether oxygens (including phenoxy) is 2. The number of ketones is 1. The molecule has 3 rings (SSSR count). The first-order valence-corrected chi connectivity index (χ1v) is 8.05. The summed E-state index contributed by atoms with van der Waals surface area (Å²) in [6.45, 7) is 2.98. The normalized spacial score (nSPS) is 13.1. The Morgan fingerprint density at radius 3 is 2.43 bits per heavy atom. The highest BCUT2D eigenvalue weighted by Gasteiger charge is 2.21. The van der Waals surface area contributed by atoms with Crippen molar-refractivity contribution in [1.82, 2.24) is 0 Å². The molecule has 3 nitrogen and oxygen atoms in total. The molecule has 0 N–H and O–H groups in total. The van der Waals surface area contributed by atoms with Crippen molar-refractivity contribution in [3.8, 4) is 11.5 Å². The predicted molar refractivity (Wildman–Crippen MR) is 87.4 cm³/mol. The molecule has 108 valence electrons. The van der Waals surface area contributed by atoms with E-state index in [2.05, 4.69) is 31.9 Å². The van der Waals surface area contributed by atoms with Crippen molar-refractivity contribution < 1.29 is 14.3 Å². The van der Waals surface area contributed by atoms with E-state index in [1.165, 1.54) is 0 Å². The van der Waals surface area contributed by atoms with E-state index >= 15 is 0 Å². The molecule has 2 aromatic rings. The number of rotatable bonds is 2. The van der Waals surface area contributed by atoms with Crippen LogP contribution in [-0.2, 0) is 0 Å². The molecule has 0 saturated carbocycles. The van der Waals surface area contributed by atoms with E-state index in [-0.39, 0.29) is 5.78 Å². The highest BCUT2D eigenvalue weighted by atomic mass is 79.9. The first-order chi connectivity index (χ1) is 10.1. The highest BCUT2D eigenvalue weighted by molar-refractivity contribution is 9.11. The second kappa shape index (κ2) is 5.81. The zero-order chi connectivity index (χ0) is 15.0. The number of halogens is 2. The number of carbonyl (C=O) groups excluding carboxylic acids is 1. The fourth-order valence-electron chi connectivity index (χ4n) is 2.21. The SMILES string of the molecule is Cc1cccc(C(=O)c2cc3c(cc2Br)OCCO3)c1Br. The van der Waals surface area contributed by atoms with Gasteiger partial charge < -0.3 is 9.47 Å². The molecule has 0 aromatic heterocycles. The lowest BCUT2D eigenvalue weighted by atomic mass is 10.0. The first kappa shape index (κ1) is 14.6. The van der Waals surface area contributed by atoms with Gasteiger partial charge in [-0.25, -0.2) is 0 Å². The molecule has 0 atom stereocenters. The minimum atomic E-state index is -0.0607. The molecule has 0 fully saturated rings. The standard InChI is InChI=1S/C16H12Br2O3/c1-9-3-2-4-10(15(9)18)16(19)11-7-13-14(8-12(11)17)21-6-5-20-13/h2-4,7-8H,5-6H2,1H3. The molecule has 0 amide bonds. The van der Waals surface area contributed by atoms with E-state index in [1.807, 2.05) is 25.1 Å². The van der Waals surface area contributed by atoms with Gasteiger partial charge in [-0.2, -0.15) is 0 Å². The number of aryl methyl sites for hydroxylation is 1. The van der Waals surface area contributed by atoms with E-state index in [9.17, 15) is 4.79 Å². The Morgan fingerprint density at radius 1 is 1.05 bits per heavy atom. The van der Waals surface area contributed by atoms with Gasteiger partial charge in [0.25, 0.3) is 0 Å². The first-order valence-electron chi connectivity index (χ1n) is 6.47. The largest absolute Gasteiger partial charge is 0.486 e. The maximum atomic E-state index is 12.8. The molecule has 21 heavy (non-hydrogen) atoms. The third-order valence-electron chi connectivity index (χ3n) is 3.31. The molecule has 0 bridgehead atoms. The van der Waals surface area contributed by atoms with Crippen molar-refractivity contribution in [1.29, 1.82) is 0 Å². The summed E-state index contributed by atoms with van der Waals surface area (Å²) in [5, 5.41) is 0. The monoisotopic (exact) mass is 410 g/mol. The van der Waals surface area contributed by atoms with Gasteiger partial charge in [0.1, 0.15) is 13.2 Å². The van der Waals surface area contributed by atoms with Crippen molar-refractivity contribution in [2.24, 2.45) is 0 Å². The van der Waals surface area contributed by atoms with Crippen molar-refractivity contribution in [2.75, 3.05) is 13.2 Å². The average molecular weight is 412 g/mol. The Balaban J connectivity index is 2.07. The lowest BCUT2D eigenvalue weighted by Gasteiger charge is -2.19. The third kappa shape index (κ3) is 2.72. The maximum absolute atomic E-state index is 12.8. The predicted octanol–water partition coefficient (Wildman–Crippen LogP) is 4.52. The summed E-state index contributed by atoms with van der Waals surface area (Å²) in [6.07, 6.45) is 0. The summed E-state index contributed by atoms with van der Waals surface area (Å²) >= 11 is 6.93. The van der Waals surface area contributed by atoms with Crippen LogP contribution in [0.25, 0.3) is 0 Å². The second-order valence-corrected chi connectivity index (χ2v) is 6.39. The van der Waals surface area contributed by atoms with Crippen LogP contribution in [0.3, 0.4) is 0 Å². The van der Waals surface area contributed by atoms with Gasteiger partial charge in [-0.15, -0.1) is 0 Å². The van der Waals surface area contributed by atoms with E-state index in [4.69, 9.17) is 9.47 Å². The molecule has 1 heterocycles. The van der Waals surface area contributed by atoms with E-state index in [1.54, 1.807) is 12.1 Å². The zero-order valence-corrected chi connectivity index (χ0v) is 14.5. The lowest BCUT2D eigenvalue weighted by molar-refractivity contribution is 0.103. The van der Waals surface area contributed by atoms with Gasteiger partial charge in [0, 0.05) is 20.1 Å². The molecule has 0 radical (unpaired) electrons. The van der Waals surface area contributed by atoms with E-state index < -0.39 is 0 Å². The van der Waals surface area contributed by atoms with Gasteiger partial charge >= 0.3 is 0 Å².